The molecule has 0 aliphatic carbocycles. The van der Waals surface area contributed by atoms with Crippen LogP contribution in [0.15, 0.2) is 42.5 Å². The van der Waals surface area contributed by atoms with E-state index in [9.17, 15) is 9.59 Å². The summed E-state index contributed by atoms with van der Waals surface area (Å²) in [7, 11) is 0. The molecule has 0 saturated heterocycles. The van der Waals surface area contributed by atoms with Crippen molar-refractivity contribution in [1.82, 2.24) is 10.2 Å². The SMILES string of the molecule is CC(C)(C)CCN1CCCCCOc2ccc(C(=O)NCCC(=O)O)cc2Cc2cccc(c2)C1. The van der Waals surface area contributed by atoms with E-state index in [0.29, 0.717) is 24.0 Å². The minimum atomic E-state index is -0.931. The van der Waals surface area contributed by atoms with E-state index in [1.54, 1.807) is 6.07 Å². The van der Waals surface area contributed by atoms with Crippen LogP contribution in [0.4, 0.5) is 0 Å². The van der Waals surface area contributed by atoms with E-state index < -0.39 is 5.97 Å². The Labute approximate surface area is 209 Å². The Hall–Kier alpha value is -2.86. The maximum absolute atomic E-state index is 12.6. The number of amides is 1. The summed E-state index contributed by atoms with van der Waals surface area (Å²) in [5.74, 6) is -0.391. The van der Waals surface area contributed by atoms with E-state index in [-0.39, 0.29) is 18.9 Å². The van der Waals surface area contributed by atoms with Gasteiger partial charge in [0.25, 0.3) is 5.91 Å². The Kier molecular flexibility index (Phi) is 9.73. The average Bonchev–Trinajstić information content (AvgIpc) is 2.79. The van der Waals surface area contributed by atoms with Crippen molar-refractivity contribution in [2.45, 2.75) is 65.8 Å². The van der Waals surface area contributed by atoms with Gasteiger partial charge in [-0.05, 0) is 79.1 Å². The van der Waals surface area contributed by atoms with E-state index >= 15 is 0 Å². The maximum Gasteiger partial charge on any atom is 0.305 e. The second-order valence-corrected chi connectivity index (χ2v) is 10.7. The minimum absolute atomic E-state index is 0.0979. The molecule has 0 unspecified atom stereocenters. The molecule has 0 radical (unpaired) electrons. The quantitative estimate of drug-likeness (QED) is 0.588. The monoisotopic (exact) mass is 480 g/mol. The summed E-state index contributed by atoms with van der Waals surface area (Å²) in [6.45, 7) is 10.8. The highest BCUT2D eigenvalue weighted by Crippen LogP contribution is 2.26. The van der Waals surface area contributed by atoms with Crippen molar-refractivity contribution in [2.75, 3.05) is 26.2 Å². The fraction of sp³-hybridized carbons (Fsp3) is 0.517. The van der Waals surface area contributed by atoms with Crippen LogP contribution in [0.25, 0.3) is 0 Å². The molecule has 0 fully saturated rings. The first-order valence-corrected chi connectivity index (χ1v) is 12.8. The number of rotatable bonds is 6. The molecule has 1 aliphatic rings. The van der Waals surface area contributed by atoms with Crippen LogP contribution in [0, 0.1) is 5.41 Å². The molecule has 2 aromatic carbocycles. The lowest BCUT2D eigenvalue weighted by Crippen LogP contribution is -2.28. The van der Waals surface area contributed by atoms with Crippen LogP contribution >= 0.6 is 0 Å². The van der Waals surface area contributed by atoms with Gasteiger partial charge in [0.1, 0.15) is 5.75 Å². The van der Waals surface area contributed by atoms with Gasteiger partial charge in [0.05, 0.1) is 13.0 Å². The number of hydrogen-bond acceptors (Lipinski definition) is 4. The van der Waals surface area contributed by atoms with Crippen molar-refractivity contribution < 1.29 is 19.4 Å². The average molecular weight is 481 g/mol. The molecule has 2 aromatic rings. The van der Waals surface area contributed by atoms with Crippen molar-refractivity contribution in [3.8, 4) is 5.75 Å². The lowest BCUT2D eigenvalue weighted by molar-refractivity contribution is -0.136. The number of benzene rings is 2. The van der Waals surface area contributed by atoms with Gasteiger partial charge in [-0.2, -0.15) is 0 Å². The summed E-state index contributed by atoms with van der Waals surface area (Å²) >= 11 is 0. The van der Waals surface area contributed by atoms with E-state index in [1.807, 2.05) is 12.1 Å². The van der Waals surface area contributed by atoms with Gasteiger partial charge in [0.15, 0.2) is 0 Å². The Balaban J connectivity index is 1.80. The van der Waals surface area contributed by atoms with Crippen LogP contribution < -0.4 is 10.1 Å². The molecule has 2 N–H and O–H groups in total. The maximum atomic E-state index is 12.6. The molecule has 0 saturated carbocycles. The second kappa shape index (κ2) is 12.7. The predicted octanol–water partition coefficient (Wildman–Crippen LogP) is 5.28. The number of hydrogen-bond donors (Lipinski definition) is 2. The molecule has 35 heavy (non-hydrogen) atoms. The first-order chi connectivity index (χ1) is 16.7. The van der Waals surface area contributed by atoms with Crippen LogP contribution in [0.2, 0.25) is 0 Å². The summed E-state index contributed by atoms with van der Waals surface area (Å²) < 4.78 is 6.15. The fourth-order valence-corrected chi connectivity index (χ4v) is 4.26. The largest absolute Gasteiger partial charge is 0.493 e. The van der Waals surface area contributed by atoms with Crippen molar-refractivity contribution in [2.24, 2.45) is 5.41 Å². The zero-order valence-electron chi connectivity index (χ0n) is 21.4. The summed E-state index contributed by atoms with van der Waals surface area (Å²) in [4.78, 5) is 25.9. The zero-order chi connectivity index (χ0) is 25.3. The number of nitrogens with one attached hydrogen (secondary N) is 1. The van der Waals surface area contributed by atoms with E-state index in [1.165, 1.54) is 17.5 Å². The zero-order valence-corrected chi connectivity index (χ0v) is 21.4. The Morgan fingerprint density at radius 2 is 1.86 bits per heavy atom. The fourth-order valence-electron chi connectivity index (χ4n) is 4.26. The highest BCUT2D eigenvalue weighted by Gasteiger charge is 2.16. The van der Waals surface area contributed by atoms with Gasteiger partial charge in [-0.15, -0.1) is 0 Å². The molecule has 6 heteroatoms. The summed E-state index contributed by atoms with van der Waals surface area (Å²) in [5, 5.41) is 11.5. The van der Waals surface area contributed by atoms with Crippen LogP contribution in [0.5, 0.6) is 5.75 Å². The molecular weight excluding hydrogens is 440 g/mol. The van der Waals surface area contributed by atoms with Crippen molar-refractivity contribution in [1.29, 1.82) is 0 Å². The Bertz CT molecular complexity index is 996. The van der Waals surface area contributed by atoms with Crippen molar-refractivity contribution in [3.05, 3.63) is 64.7 Å². The molecule has 2 bridgehead atoms. The molecule has 0 aromatic heterocycles. The topological polar surface area (TPSA) is 78.9 Å². The first-order valence-electron chi connectivity index (χ1n) is 12.8. The highest BCUT2D eigenvalue weighted by atomic mass is 16.5. The standard InChI is InChI=1S/C29H40N2O4/c1-29(2,3)13-16-31-15-5-4-6-17-35-26-11-10-24(28(34)30-14-12-27(32)33)20-25(26)19-22-8-7-9-23(18-22)21-31/h7-11,18,20H,4-6,12-17,19,21H2,1-3H3,(H,30,34)(H,32,33). The van der Waals surface area contributed by atoms with Gasteiger partial charge < -0.3 is 15.2 Å². The summed E-state index contributed by atoms with van der Waals surface area (Å²) in [5.41, 5.74) is 4.29. The number of carboxylic acids is 1. The predicted molar refractivity (Wildman–Crippen MR) is 139 cm³/mol. The van der Waals surface area contributed by atoms with Gasteiger partial charge >= 0.3 is 5.97 Å². The molecule has 6 nitrogen and oxygen atoms in total. The normalized spacial score (nSPS) is 15.4. The third-order valence-electron chi connectivity index (χ3n) is 6.29. The molecule has 3 rings (SSSR count). The number of ether oxygens (including phenoxy) is 1. The van der Waals surface area contributed by atoms with Crippen LogP contribution in [0.1, 0.15) is 79.9 Å². The third-order valence-corrected chi connectivity index (χ3v) is 6.29. The number of carbonyl (C=O) groups is 2. The van der Waals surface area contributed by atoms with Gasteiger partial charge in [-0.1, -0.05) is 45.0 Å². The third kappa shape index (κ3) is 9.36. The van der Waals surface area contributed by atoms with Crippen LogP contribution in [-0.4, -0.2) is 48.1 Å². The smallest absolute Gasteiger partial charge is 0.305 e. The van der Waals surface area contributed by atoms with Gasteiger partial charge in [-0.3, -0.25) is 14.5 Å². The number of carbonyl (C=O) groups excluding carboxylic acids is 1. The minimum Gasteiger partial charge on any atom is -0.493 e. The van der Waals surface area contributed by atoms with Gasteiger partial charge in [-0.25, -0.2) is 0 Å². The van der Waals surface area contributed by atoms with Crippen LogP contribution in [-0.2, 0) is 17.8 Å². The number of nitrogens with zero attached hydrogens (tertiary/aromatic N) is 1. The van der Waals surface area contributed by atoms with E-state index in [0.717, 1.165) is 50.2 Å². The molecule has 0 atom stereocenters. The molecule has 1 amide bonds. The number of fused-ring (bicyclic) bond motifs is 3. The molecule has 1 aliphatic heterocycles. The van der Waals surface area contributed by atoms with E-state index in [4.69, 9.17) is 9.84 Å². The van der Waals surface area contributed by atoms with E-state index in [2.05, 4.69) is 55.3 Å². The summed E-state index contributed by atoms with van der Waals surface area (Å²) in [6, 6.07) is 14.2. The molecule has 0 spiro atoms. The van der Waals surface area contributed by atoms with Crippen molar-refractivity contribution >= 4 is 11.9 Å². The first kappa shape index (κ1) is 26.7. The lowest BCUT2D eigenvalue weighted by Gasteiger charge is -2.27. The van der Waals surface area contributed by atoms with Crippen molar-refractivity contribution in [3.63, 3.8) is 0 Å². The van der Waals surface area contributed by atoms with Gasteiger partial charge in [0.2, 0.25) is 0 Å². The number of aliphatic carboxylic acids is 1. The molecule has 1 heterocycles. The Morgan fingerprint density at radius 3 is 2.63 bits per heavy atom. The van der Waals surface area contributed by atoms with Gasteiger partial charge in [0, 0.05) is 25.1 Å². The molecular formula is C29H40N2O4. The van der Waals surface area contributed by atoms with Crippen LogP contribution in [0.3, 0.4) is 0 Å². The second-order valence-electron chi connectivity index (χ2n) is 10.7. The number of carboxylic acid groups (broad SMARTS) is 1. The highest BCUT2D eigenvalue weighted by molar-refractivity contribution is 5.94. The summed E-state index contributed by atoms with van der Waals surface area (Å²) in [6.07, 6.45) is 5.00. The lowest BCUT2D eigenvalue weighted by atomic mass is 9.92. The Morgan fingerprint density at radius 1 is 1.06 bits per heavy atom. The molecule has 190 valence electrons.